The maximum Gasteiger partial charge on any atom is 0.316 e. The molecule has 0 bridgehead atoms. The van der Waals surface area contributed by atoms with Crippen LogP contribution in [-0.4, -0.2) is 42.6 Å². The number of benzene rings is 2. The lowest BCUT2D eigenvalue weighted by molar-refractivity contribution is -0.170. The number of hydrogen-bond acceptors (Lipinski definition) is 7. The monoisotopic (exact) mass is 426 g/mol. The third-order valence-corrected chi connectivity index (χ3v) is 5.69. The summed E-state index contributed by atoms with van der Waals surface area (Å²) in [6, 6.07) is 16.5. The molecule has 0 saturated heterocycles. The smallest absolute Gasteiger partial charge is 0.316 e. The molecule has 0 unspecified atom stereocenters. The predicted octanol–water partition coefficient (Wildman–Crippen LogP) is 2.65. The summed E-state index contributed by atoms with van der Waals surface area (Å²) in [6.45, 7) is 1.79. The van der Waals surface area contributed by atoms with Crippen LogP contribution in [-0.2, 0) is 30.5 Å². The van der Waals surface area contributed by atoms with Crippen molar-refractivity contribution >= 4 is 17.7 Å². The lowest BCUT2D eigenvalue weighted by atomic mass is 9.62. The van der Waals surface area contributed by atoms with Crippen molar-refractivity contribution in [1.82, 2.24) is 0 Å². The van der Waals surface area contributed by atoms with Crippen LogP contribution in [0.1, 0.15) is 30.4 Å². The zero-order valence-electron chi connectivity index (χ0n) is 17.7. The Bertz CT molecular complexity index is 934. The number of ether oxygens (including phenoxy) is 3. The summed E-state index contributed by atoms with van der Waals surface area (Å²) < 4.78 is 15.5. The molecule has 1 saturated carbocycles. The summed E-state index contributed by atoms with van der Waals surface area (Å²) in [7, 11) is 2.40. The number of methoxy groups -OCH3 is 2. The van der Waals surface area contributed by atoms with E-state index in [0.29, 0.717) is 17.9 Å². The molecule has 1 fully saturated rings. The third-order valence-electron chi connectivity index (χ3n) is 5.69. The number of Topliss-reactive ketones (excluding diaryl/α,β-unsaturated/α-hetero) is 1. The molecule has 0 spiro atoms. The standard InChI is InChI=1S/C24H26O7/c1-24(28)13-18(25)20(22(26)29-2)19(21(24)23(27)30-3)16-9-11-17(12-10-16)31-14-15-7-5-4-6-8-15/h4-12,19-21,28H,13-14H2,1-3H3/t19-,20-,21-,24-/m0/s1. The van der Waals surface area contributed by atoms with Gasteiger partial charge in [-0.25, -0.2) is 0 Å². The zero-order chi connectivity index (χ0) is 22.6. The SMILES string of the molecule is COC(=O)[C@H]1C(=O)C[C@](C)(O)[C@H](C(=O)OC)[C@H]1c1ccc(OCc2ccccc2)cc1. The molecule has 2 aromatic rings. The van der Waals surface area contributed by atoms with E-state index in [1.807, 2.05) is 30.3 Å². The quantitative estimate of drug-likeness (QED) is 0.560. The van der Waals surface area contributed by atoms with Crippen LogP contribution in [0.3, 0.4) is 0 Å². The second-order valence-corrected chi connectivity index (χ2v) is 7.87. The molecule has 3 rings (SSSR count). The second kappa shape index (κ2) is 9.31. The van der Waals surface area contributed by atoms with Gasteiger partial charge >= 0.3 is 11.9 Å². The fraction of sp³-hybridized carbons (Fsp3) is 0.375. The molecule has 1 N–H and O–H groups in total. The van der Waals surface area contributed by atoms with Crippen molar-refractivity contribution < 1.29 is 33.7 Å². The largest absolute Gasteiger partial charge is 0.489 e. The van der Waals surface area contributed by atoms with Gasteiger partial charge < -0.3 is 19.3 Å². The minimum absolute atomic E-state index is 0.346. The fourth-order valence-electron chi connectivity index (χ4n) is 4.20. The van der Waals surface area contributed by atoms with E-state index in [1.54, 1.807) is 24.3 Å². The number of carbonyl (C=O) groups excluding carboxylic acids is 3. The molecule has 0 aromatic heterocycles. The highest BCUT2D eigenvalue weighted by atomic mass is 16.5. The van der Waals surface area contributed by atoms with Gasteiger partial charge in [0.2, 0.25) is 0 Å². The van der Waals surface area contributed by atoms with Crippen LogP contribution in [0.5, 0.6) is 5.75 Å². The normalized spacial score (nSPS) is 25.5. The third kappa shape index (κ3) is 4.77. The maximum atomic E-state index is 12.7. The van der Waals surface area contributed by atoms with Crippen molar-refractivity contribution in [2.45, 2.75) is 31.5 Å². The van der Waals surface area contributed by atoms with Crippen molar-refractivity contribution in [3.63, 3.8) is 0 Å². The maximum absolute atomic E-state index is 12.7. The first-order valence-corrected chi connectivity index (χ1v) is 9.96. The number of carbonyl (C=O) groups is 3. The summed E-state index contributed by atoms with van der Waals surface area (Å²) in [6.07, 6.45) is -0.346. The highest BCUT2D eigenvalue weighted by molar-refractivity contribution is 6.02. The number of ketones is 1. The van der Waals surface area contributed by atoms with Gasteiger partial charge in [-0.15, -0.1) is 0 Å². The van der Waals surface area contributed by atoms with Crippen molar-refractivity contribution in [3.05, 3.63) is 65.7 Å². The molecule has 31 heavy (non-hydrogen) atoms. The van der Waals surface area contributed by atoms with Gasteiger partial charge in [0.1, 0.15) is 18.3 Å². The molecule has 7 heteroatoms. The summed E-state index contributed by atoms with van der Waals surface area (Å²) in [5.74, 6) is -4.60. The zero-order valence-corrected chi connectivity index (χ0v) is 17.7. The Hall–Kier alpha value is -3.19. The lowest BCUT2D eigenvalue weighted by Gasteiger charge is -2.43. The first-order chi connectivity index (χ1) is 14.8. The molecule has 164 valence electrons. The van der Waals surface area contributed by atoms with Crippen LogP contribution >= 0.6 is 0 Å². The first-order valence-electron chi connectivity index (χ1n) is 9.96. The fourth-order valence-corrected chi connectivity index (χ4v) is 4.20. The van der Waals surface area contributed by atoms with Crippen LogP contribution in [0.15, 0.2) is 54.6 Å². The molecular formula is C24H26O7. The van der Waals surface area contributed by atoms with E-state index in [0.717, 1.165) is 5.56 Å². The minimum Gasteiger partial charge on any atom is -0.489 e. The van der Waals surface area contributed by atoms with E-state index >= 15 is 0 Å². The molecule has 4 atom stereocenters. The van der Waals surface area contributed by atoms with Crippen molar-refractivity contribution in [2.75, 3.05) is 14.2 Å². The molecule has 0 heterocycles. The number of esters is 2. The Morgan fingerprint density at radius 1 is 1.00 bits per heavy atom. The van der Waals surface area contributed by atoms with Gasteiger partial charge in [-0.1, -0.05) is 42.5 Å². The first kappa shape index (κ1) is 22.5. The Kier molecular flexibility index (Phi) is 6.75. The molecule has 2 aromatic carbocycles. The van der Waals surface area contributed by atoms with Gasteiger partial charge in [-0.05, 0) is 30.2 Å². The van der Waals surface area contributed by atoms with Gasteiger partial charge in [0, 0.05) is 12.3 Å². The van der Waals surface area contributed by atoms with Crippen LogP contribution in [0.25, 0.3) is 0 Å². The summed E-state index contributed by atoms with van der Waals surface area (Å²) in [5.41, 5.74) is -0.120. The van der Waals surface area contributed by atoms with Crippen molar-refractivity contribution in [3.8, 4) is 5.75 Å². The molecular weight excluding hydrogens is 400 g/mol. The van der Waals surface area contributed by atoms with Crippen molar-refractivity contribution in [1.29, 1.82) is 0 Å². The van der Waals surface area contributed by atoms with Crippen LogP contribution < -0.4 is 4.74 Å². The lowest BCUT2D eigenvalue weighted by Crippen LogP contribution is -2.55. The summed E-state index contributed by atoms with van der Waals surface area (Å²) in [4.78, 5) is 37.8. The van der Waals surface area contributed by atoms with Crippen molar-refractivity contribution in [2.24, 2.45) is 11.8 Å². The predicted molar refractivity (Wildman–Crippen MR) is 111 cm³/mol. The molecule has 1 aliphatic carbocycles. The van der Waals surface area contributed by atoms with E-state index < -0.39 is 41.1 Å². The average Bonchev–Trinajstić information content (AvgIpc) is 2.76. The van der Waals surface area contributed by atoms with E-state index in [9.17, 15) is 19.5 Å². The minimum atomic E-state index is -1.66. The van der Waals surface area contributed by atoms with E-state index in [2.05, 4.69) is 0 Å². The van der Waals surface area contributed by atoms with E-state index in [4.69, 9.17) is 14.2 Å². The van der Waals surface area contributed by atoms with Gasteiger partial charge in [-0.3, -0.25) is 14.4 Å². The van der Waals surface area contributed by atoms with Gasteiger partial charge in [-0.2, -0.15) is 0 Å². The second-order valence-electron chi connectivity index (χ2n) is 7.87. The Balaban J connectivity index is 1.93. The van der Waals surface area contributed by atoms with E-state index in [-0.39, 0.29) is 6.42 Å². The Morgan fingerprint density at radius 3 is 2.19 bits per heavy atom. The number of aliphatic hydroxyl groups is 1. The molecule has 0 amide bonds. The van der Waals surface area contributed by atoms with E-state index in [1.165, 1.54) is 21.1 Å². The molecule has 0 radical (unpaired) electrons. The molecule has 7 nitrogen and oxygen atoms in total. The Morgan fingerprint density at radius 2 is 1.61 bits per heavy atom. The van der Waals surface area contributed by atoms with Gasteiger partial charge in [0.05, 0.1) is 25.7 Å². The summed E-state index contributed by atoms with van der Waals surface area (Å²) in [5, 5.41) is 10.9. The van der Waals surface area contributed by atoms with Crippen LogP contribution in [0, 0.1) is 11.8 Å². The molecule has 1 aliphatic rings. The summed E-state index contributed by atoms with van der Waals surface area (Å²) >= 11 is 0. The van der Waals surface area contributed by atoms with Crippen LogP contribution in [0.4, 0.5) is 0 Å². The van der Waals surface area contributed by atoms with Gasteiger partial charge in [0.15, 0.2) is 5.78 Å². The average molecular weight is 426 g/mol. The van der Waals surface area contributed by atoms with Crippen LogP contribution in [0.2, 0.25) is 0 Å². The Labute approximate surface area is 180 Å². The highest BCUT2D eigenvalue weighted by Gasteiger charge is 2.56. The van der Waals surface area contributed by atoms with Gasteiger partial charge in [0.25, 0.3) is 0 Å². The highest BCUT2D eigenvalue weighted by Crippen LogP contribution is 2.46. The molecule has 0 aliphatic heterocycles. The number of rotatable bonds is 6. The topological polar surface area (TPSA) is 99.1 Å². The number of hydrogen-bond donors (Lipinski definition) is 1.